The van der Waals surface area contributed by atoms with E-state index < -0.39 is 0 Å². The van der Waals surface area contributed by atoms with Crippen molar-refractivity contribution in [2.75, 3.05) is 59.5 Å². The Morgan fingerprint density at radius 3 is 2.72 bits per heavy atom. The predicted molar refractivity (Wildman–Crippen MR) is 106 cm³/mol. The zero-order valence-corrected chi connectivity index (χ0v) is 17.4. The molecule has 8 nitrogen and oxygen atoms in total. The molecule has 3 rings (SSSR count). The highest BCUT2D eigenvalue weighted by Crippen LogP contribution is 2.15. The number of nitrogens with zero attached hydrogens (tertiary/aromatic N) is 5. The second-order valence-electron chi connectivity index (χ2n) is 6.48. The molecule has 0 amide bonds. The highest BCUT2D eigenvalue weighted by molar-refractivity contribution is 14.0. The summed E-state index contributed by atoms with van der Waals surface area (Å²) in [6.07, 6.45) is 1.92. The van der Waals surface area contributed by atoms with Crippen LogP contribution in [0.1, 0.15) is 18.1 Å². The van der Waals surface area contributed by atoms with E-state index in [0.717, 1.165) is 58.4 Å². The van der Waals surface area contributed by atoms with Crippen LogP contribution in [0.15, 0.2) is 9.52 Å². The van der Waals surface area contributed by atoms with Crippen LogP contribution in [0, 0.1) is 12.8 Å². The first-order valence-corrected chi connectivity index (χ1v) is 8.79. The van der Waals surface area contributed by atoms with Crippen LogP contribution < -0.4 is 5.32 Å². The minimum absolute atomic E-state index is 0. The van der Waals surface area contributed by atoms with E-state index in [-0.39, 0.29) is 24.0 Å². The summed E-state index contributed by atoms with van der Waals surface area (Å²) in [5.74, 6) is 3.01. The molecule has 2 fully saturated rings. The van der Waals surface area contributed by atoms with Gasteiger partial charge in [0.05, 0.1) is 6.61 Å². The molecule has 9 heteroatoms. The summed E-state index contributed by atoms with van der Waals surface area (Å²) in [5, 5.41) is 7.20. The van der Waals surface area contributed by atoms with Crippen molar-refractivity contribution in [1.82, 2.24) is 25.3 Å². The summed E-state index contributed by atoms with van der Waals surface area (Å²) in [4.78, 5) is 13.5. The third kappa shape index (κ3) is 6.07. The first-order chi connectivity index (χ1) is 11.7. The summed E-state index contributed by atoms with van der Waals surface area (Å²) in [5.41, 5.74) is 0. The highest BCUT2D eigenvalue weighted by atomic mass is 127. The number of piperazine rings is 1. The second kappa shape index (κ2) is 10.3. The standard InChI is InChI=1S/C16H28N6O2.HI/c1-13-19-15(24-20-13)3-5-18-16(17-2)22-8-6-21(7-9-22)11-14-4-10-23-12-14;/h14H,3-12H2,1-2H3,(H,17,18);1H. The number of guanidine groups is 1. The molecule has 2 aliphatic rings. The van der Waals surface area contributed by atoms with E-state index in [1.807, 2.05) is 14.0 Å². The predicted octanol–water partition coefficient (Wildman–Crippen LogP) is 0.768. The second-order valence-corrected chi connectivity index (χ2v) is 6.48. The third-order valence-electron chi connectivity index (χ3n) is 4.62. The SMILES string of the molecule is CN=C(NCCc1nc(C)no1)N1CCN(CC2CCOC2)CC1.I. The van der Waals surface area contributed by atoms with Gasteiger partial charge in [0.15, 0.2) is 11.8 Å². The van der Waals surface area contributed by atoms with Gasteiger partial charge in [-0.3, -0.25) is 9.89 Å². The first kappa shape index (κ1) is 20.4. The lowest BCUT2D eigenvalue weighted by Gasteiger charge is -2.37. The minimum Gasteiger partial charge on any atom is -0.381 e. The zero-order chi connectivity index (χ0) is 16.8. The number of hydrogen-bond acceptors (Lipinski definition) is 6. The van der Waals surface area contributed by atoms with Crippen molar-refractivity contribution in [2.45, 2.75) is 19.8 Å². The molecular formula is C16H29IN6O2. The van der Waals surface area contributed by atoms with Crippen molar-refractivity contribution < 1.29 is 9.26 Å². The van der Waals surface area contributed by atoms with E-state index in [0.29, 0.717) is 24.1 Å². The van der Waals surface area contributed by atoms with Crippen molar-refractivity contribution in [1.29, 1.82) is 0 Å². The Labute approximate surface area is 166 Å². The molecule has 2 saturated heterocycles. The Morgan fingerprint density at radius 2 is 2.12 bits per heavy atom. The third-order valence-corrected chi connectivity index (χ3v) is 4.62. The van der Waals surface area contributed by atoms with Gasteiger partial charge in [-0.05, 0) is 19.3 Å². The fourth-order valence-electron chi connectivity index (χ4n) is 3.29. The van der Waals surface area contributed by atoms with Crippen molar-refractivity contribution in [3.63, 3.8) is 0 Å². The van der Waals surface area contributed by atoms with Gasteiger partial charge in [-0.1, -0.05) is 5.16 Å². The lowest BCUT2D eigenvalue weighted by atomic mass is 10.1. The average Bonchev–Trinajstić information content (AvgIpc) is 3.24. The smallest absolute Gasteiger partial charge is 0.228 e. The fraction of sp³-hybridized carbons (Fsp3) is 0.812. The van der Waals surface area contributed by atoms with E-state index in [9.17, 15) is 0 Å². The summed E-state index contributed by atoms with van der Waals surface area (Å²) < 4.78 is 10.6. The van der Waals surface area contributed by atoms with Crippen molar-refractivity contribution in [3.05, 3.63) is 11.7 Å². The van der Waals surface area contributed by atoms with Crippen LogP contribution in [-0.4, -0.2) is 85.4 Å². The number of nitrogens with one attached hydrogen (secondary N) is 1. The molecule has 3 heterocycles. The summed E-state index contributed by atoms with van der Waals surface area (Å²) >= 11 is 0. The maximum absolute atomic E-state index is 5.47. The van der Waals surface area contributed by atoms with Gasteiger partial charge < -0.3 is 19.5 Å². The van der Waals surface area contributed by atoms with E-state index in [1.54, 1.807) is 0 Å². The van der Waals surface area contributed by atoms with Gasteiger partial charge in [0, 0.05) is 59.3 Å². The first-order valence-electron chi connectivity index (χ1n) is 8.79. The Balaban J connectivity index is 0.00000225. The van der Waals surface area contributed by atoms with E-state index >= 15 is 0 Å². The van der Waals surface area contributed by atoms with Crippen LogP contribution in [0.3, 0.4) is 0 Å². The normalized spacial score (nSPS) is 22.1. The van der Waals surface area contributed by atoms with Gasteiger partial charge in [-0.15, -0.1) is 24.0 Å². The number of hydrogen-bond donors (Lipinski definition) is 1. The summed E-state index contributed by atoms with van der Waals surface area (Å²) in [6, 6.07) is 0. The molecule has 0 spiro atoms. The minimum atomic E-state index is 0. The zero-order valence-electron chi connectivity index (χ0n) is 15.1. The molecular weight excluding hydrogens is 435 g/mol. The van der Waals surface area contributed by atoms with Crippen LogP contribution in [-0.2, 0) is 11.2 Å². The Hall–Kier alpha value is -0.940. The van der Waals surface area contributed by atoms with Crippen molar-refractivity contribution in [3.8, 4) is 0 Å². The average molecular weight is 464 g/mol. The molecule has 0 aliphatic carbocycles. The maximum atomic E-state index is 5.47. The quantitative estimate of drug-likeness (QED) is 0.392. The van der Waals surface area contributed by atoms with Gasteiger partial charge >= 0.3 is 0 Å². The number of halogens is 1. The number of aryl methyl sites for hydroxylation is 1. The number of rotatable bonds is 5. The number of ether oxygens (including phenoxy) is 1. The maximum Gasteiger partial charge on any atom is 0.228 e. The lowest BCUT2D eigenvalue weighted by Crippen LogP contribution is -2.53. The van der Waals surface area contributed by atoms with Crippen LogP contribution in [0.2, 0.25) is 0 Å². The summed E-state index contributed by atoms with van der Waals surface area (Å²) in [7, 11) is 1.83. The van der Waals surface area contributed by atoms with Crippen LogP contribution >= 0.6 is 24.0 Å². The molecule has 142 valence electrons. The fourth-order valence-corrected chi connectivity index (χ4v) is 3.29. The van der Waals surface area contributed by atoms with Crippen LogP contribution in [0.25, 0.3) is 0 Å². The Kier molecular flexibility index (Phi) is 8.37. The number of aromatic nitrogens is 2. The number of aliphatic imine (C=N–C) groups is 1. The van der Waals surface area contributed by atoms with Crippen LogP contribution in [0.5, 0.6) is 0 Å². The Bertz CT molecular complexity index is 538. The molecule has 0 aromatic carbocycles. The lowest BCUT2D eigenvalue weighted by molar-refractivity contribution is 0.139. The molecule has 0 saturated carbocycles. The molecule has 1 unspecified atom stereocenters. The molecule has 2 aliphatic heterocycles. The highest BCUT2D eigenvalue weighted by Gasteiger charge is 2.23. The van der Waals surface area contributed by atoms with Crippen molar-refractivity contribution >= 4 is 29.9 Å². The van der Waals surface area contributed by atoms with Gasteiger partial charge in [0.1, 0.15) is 0 Å². The molecule has 1 aromatic rings. The van der Waals surface area contributed by atoms with Crippen LogP contribution in [0.4, 0.5) is 0 Å². The largest absolute Gasteiger partial charge is 0.381 e. The van der Waals surface area contributed by atoms with Gasteiger partial charge in [-0.25, -0.2) is 0 Å². The molecule has 1 N–H and O–H groups in total. The summed E-state index contributed by atoms with van der Waals surface area (Å²) in [6.45, 7) is 9.78. The molecule has 1 atom stereocenters. The molecule has 25 heavy (non-hydrogen) atoms. The van der Waals surface area contributed by atoms with E-state index in [4.69, 9.17) is 9.26 Å². The van der Waals surface area contributed by atoms with E-state index in [1.165, 1.54) is 6.42 Å². The van der Waals surface area contributed by atoms with Gasteiger partial charge in [0.25, 0.3) is 0 Å². The van der Waals surface area contributed by atoms with Crippen molar-refractivity contribution in [2.24, 2.45) is 10.9 Å². The van der Waals surface area contributed by atoms with Gasteiger partial charge in [-0.2, -0.15) is 4.98 Å². The monoisotopic (exact) mass is 464 g/mol. The molecule has 0 bridgehead atoms. The topological polar surface area (TPSA) is 79.0 Å². The van der Waals surface area contributed by atoms with Gasteiger partial charge in [0.2, 0.25) is 5.89 Å². The Morgan fingerprint density at radius 1 is 1.32 bits per heavy atom. The van der Waals surface area contributed by atoms with E-state index in [2.05, 4.69) is 30.2 Å². The molecule has 1 aromatic heterocycles. The molecule has 0 radical (unpaired) electrons.